The lowest BCUT2D eigenvalue weighted by Gasteiger charge is -1.85. The largest absolute Gasteiger partial charge is 0.247 e. The summed E-state index contributed by atoms with van der Waals surface area (Å²) in [4.78, 5) is 0. The summed E-state index contributed by atoms with van der Waals surface area (Å²) < 4.78 is 11.4. The van der Waals surface area contributed by atoms with Crippen LogP contribution in [0, 0.1) is 6.42 Å². The van der Waals surface area contributed by atoms with Crippen LogP contribution in [0.4, 0.5) is 4.39 Å². The van der Waals surface area contributed by atoms with Crippen LogP contribution in [0.2, 0.25) is 0 Å². The van der Waals surface area contributed by atoms with Gasteiger partial charge in [0.1, 0.15) is 6.17 Å². The van der Waals surface area contributed by atoms with Gasteiger partial charge in [-0.2, -0.15) is 0 Å². The molecule has 0 heterocycles. The van der Waals surface area contributed by atoms with E-state index >= 15 is 0 Å². The predicted molar refractivity (Wildman–Crippen MR) is 20.5 cm³/mol. The number of rotatable bonds is 1. The molecule has 1 radical (unpaired) electrons. The quantitative estimate of drug-likeness (QED) is 0.443. The Morgan fingerprint density at radius 1 is 1.80 bits per heavy atom. The second kappa shape index (κ2) is 2.18. The molecule has 0 aliphatic rings. The average molecular weight is 75.1 g/mol. The highest BCUT2D eigenvalue weighted by molar-refractivity contribution is 4.61. The van der Waals surface area contributed by atoms with Crippen LogP contribution in [0.25, 0.3) is 0 Å². The average Bonchev–Trinajstić information content (AvgIpc) is 1.38. The molecule has 0 N–H and O–H groups in total. The Labute approximate surface area is 32.0 Å². The van der Waals surface area contributed by atoms with Crippen molar-refractivity contribution < 1.29 is 4.39 Å². The Morgan fingerprint density at radius 2 is 2.00 bits per heavy atom. The lowest BCUT2D eigenvalue weighted by Crippen LogP contribution is -1.85. The van der Waals surface area contributed by atoms with Crippen molar-refractivity contribution >= 4 is 0 Å². The minimum Gasteiger partial charge on any atom is -0.247 e. The van der Waals surface area contributed by atoms with E-state index in [9.17, 15) is 4.39 Å². The molecule has 0 amide bonds. The third-order valence-electron chi connectivity index (χ3n) is 0.459. The molecular weight excluding hydrogens is 67.0 g/mol. The van der Waals surface area contributed by atoms with Crippen LogP contribution in [0.1, 0.15) is 13.8 Å². The second-order valence-corrected chi connectivity index (χ2v) is 1.01. The SMILES string of the molecule is C[CH]C(C)F. The molecule has 0 saturated carbocycles. The van der Waals surface area contributed by atoms with Crippen LogP contribution in [-0.2, 0) is 0 Å². The van der Waals surface area contributed by atoms with Crippen molar-refractivity contribution in [3.63, 3.8) is 0 Å². The van der Waals surface area contributed by atoms with Crippen LogP contribution < -0.4 is 0 Å². The summed E-state index contributed by atoms with van der Waals surface area (Å²) in [7, 11) is 0. The van der Waals surface area contributed by atoms with E-state index in [4.69, 9.17) is 0 Å². The van der Waals surface area contributed by atoms with E-state index in [1.807, 2.05) is 0 Å². The zero-order valence-electron chi connectivity index (χ0n) is 3.53. The Kier molecular flexibility index (Phi) is 2.15. The Morgan fingerprint density at radius 3 is 2.00 bits per heavy atom. The Balaban J connectivity index is 2.54. The summed E-state index contributed by atoms with van der Waals surface area (Å²) >= 11 is 0. The van der Waals surface area contributed by atoms with Gasteiger partial charge in [0, 0.05) is 0 Å². The second-order valence-electron chi connectivity index (χ2n) is 1.01. The number of hydrogen-bond acceptors (Lipinski definition) is 0. The van der Waals surface area contributed by atoms with Crippen LogP contribution in [0.3, 0.4) is 0 Å². The molecule has 0 aromatic carbocycles. The molecule has 31 valence electrons. The van der Waals surface area contributed by atoms with E-state index in [-0.39, 0.29) is 0 Å². The molecule has 0 fully saturated rings. The summed E-state index contributed by atoms with van der Waals surface area (Å²) in [6.45, 7) is 3.20. The van der Waals surface area contributed by atoms with Crippen LogP contribution in [0.5, 0.6) is 0 Å². The van der Waals surface area contributed by atoms with Gasteiger partial charge >= 0.3 is 0 Å². The summed E-state index contributed by atoms with van der Waals surface area (Å²) in [5.41, 5.74) is 0. The maximum Gasteiger partial charge on any atom is 0.100 e. The Hall–Kier alpha value is -0.0700. The fourth-order valence-electron chi connectivity index (χ4n) is 0. The normalized spacial score (nSPS) is 15.0. The van der Waals surface area contributed by atoms with E-state index in [2.05, 4.69) is 0 Å². The van der Waals surface area contributed by atoms with Crippen molar-refractivity contribution in [2.45, 2.75) is 20.0 Å². The number of alkyl halides is 1. The monoisotopic (exact) mass is 75.1 g/mol. The zero-order chi connectivity index (χ0) is 4.28. The fourth-order valence-corrected chi connectivity index (χ4v) is 0. The first-order chi connectivity index (χ1) is 2.27. The topological polar surface area (TPSA) is 0 Å². The maximum absolute atomic E-state index is 11.4. The molecule has 0 aromatic heterocycles. The van der Waals surface area contributed by atoms with Gasteiger partial charge in [0.2, 0.25) is 0 Å². The molecular formula is C4H8F. The predicted octanol–water partition coefficient (Wildman–Crippen LogP) is 1.57. The van der Waals surface area contributed by atoms with Gasteiger partial charge in [0.15, 0.2) is 0 Å². The van der Waals surface area contributed by atoms with Gasteiger partial charge in [-0.3, -0.25) is 0 Å². The lowest BCUT2D eigenvalue weighted by atomic mass is 10.4. The van der Waals surface area contributed by atoms with E-state index < -0.39 is 6.17 Å². The van der Waals surface area contributed by atoms with Crippen molar-refractivity contribution in [3.05, 3.63) is 6.42 Å². The van der Waals surface area contributed by atoms with E-state index in [1.165, 1.54) is 13.3 Å². The third kappa shape index (κ3) is 3.93. The fraction of sp³-hybridized carbons (Fsp3) is 0.750. The molecule has 0 nitrogen and oxygen atoms in total. The van der Waals surface area contributed by atoms with Crippen LogP contribution in [-0.4, -0.2) is 6.17 Å². The van der Waals surface area contributed by atoms with Crippen molar-refractivity contribution in [1.29, 1.82) is 0 Å². The molecule has 1 unspecified atom stereocenters. The van der Waals surface area contributed by atoms with Crippen LogP contribution >= 0.6 is 0 Å². The first kappa shape index (κ1) is 4.93. The van der Waals surface area contributed by atoms with Crippen molar-refractivity contribution in [1.82, 2.24) is 0 Å². The van der Waals surface area contributed by atoms with Gasteiger partial charge in [-0.05, 0) is 13.3 Å². The highest BCUT2D eigenvalue weighted by Gasteiger charge is 1.86. The summed E-state index contributed by atoms with van der Waals surface area (Å²) in [6, 6.07) is 0. The third-order valence-corrected chi connectivity index (χ3v) is 0.459. The van der Waals surface area contributed by atoms with Crippen molar-refractivity contribution in [2.24, 2.45) is 0 Å². The van der Waals surface area contributed by atoms with Gasteiger partial charge in [0.05, 0.1) is 0 Å². The molecule has 1 heteroatoms. The molecule has 5 heavy (non-hydrogen) atoms. The maximum atomic E-state index is 11.4. The van der Waals surface area contributed by atoms with Crippen molar-refractivity contribution in [2.75, 3.05) is 0 Å². The Bertz CT molecular complexity index is 17.6. The minimum absolute atomic E-state index is 0.741. The molecule has 1 atom stereocenters. The molecule has 0 saturated heterocycles. The zero-order valence-corrected chi connectivity index (χ0v) is 3.53. The van der Waals surface area contributed by atoms with Gasteiger partial charge in [0.25, 0.3) is 0 Å². The molecule has 0 rings (SSSR count). The lowest BCUT2D eigenvalue weighted by molar-refractivity contribution is 0.407. The van der Waals surface area contributed by atoms with E-state index in [0.717, 1.165) is 0 Å². The van der Waals surface area contributed by atoms with E-state index in [0.29, 0.717) is 0 Å². The van der Waals surface area contributed by atoms with Crippen molar-refractivity contribution in [3.8, 4) is 0 Å². The smallest absolute Gasteiger partial charge is 0.100 e. The first-order valence-corrected chi connectivity index (χ1v) is 1.71. The standard InChI is InChI=1S/C4H8F/c1-3-4(2)5/h3-4H,1-2H3. The van der Waals surface area contributed by atoms with Gasteiger partial charge in [-0.15, -0.1) is 0 Å². The summed E-state index contributed by atoms with van der Waals surface area (Å²) in [5.74, 6) is 0. The molecule has 0 spiro atoms. The molecule has 0 aliphatic heterocycles. The number of hydrogen-bond donors (Lipinski definition) is 0. The van der Waals surface area contributed by atoms with Gasteiger partial charge < -0.3 is 0 Å². The van der Waals surface area contributed by atoms with Gasteiger partial charge in [-0.1, -0.05) is 6.92 Å². The van der Waals surface area contributed by atoms with Crippen LogP contribution in [0.15, 0.2) is 0 Å². The summed E-state index contributed by atoms with van der Waals surface area (Å²) in [5, 5.41) is 0. The number of halogens is 1. The molecule has 0 bridgehead atoms. The van der Waals surface area contributed by atoms with E-state index in [1.54, 1.807) is 6.92 Å². The highest BCUT2D eigenvalue weighted by atomic mass is 19.1. The summed E-state index contributed by atoms with van der Waals surface area (Å²) in [6.07, 6.45) is 0.759. The molecule has 0 aromatic rings. The minimum atomic E-state index is -0.741. The molecule has 0 aliphatic carbocycles. The highest BCUT2D eigenvalue weighted by Crippen LogP contribution is 1.88. The first-order valence-electron chi connectivity index (χ1n) is 1.71. The van der Waals surface area contributed by atoms with Gasteiger partial charge in [-0.25, -0.2) is 4.39 Å².